The first-order valence-electron chi connectivity index (χ1n) is 5.71. The van der Waals surface area contributed by atoms with Gasteiger partial charge in [0.1, 0.15) is 0 Å². The molecule has 1 unspecified atom stereocenters. The van der Waals surface area contributed by atoms with E-state index in [2.05, 4.69) is 29.3 Å². The zero-order valence-corrected chi connectivity index (χ0v) is 10.4. The molecular formula is C14H17N3. The quantitative estimate of drug-likeness (QED) is 0.857. The van der Waals surface area contributed by atoms with Crippen molar-refractivity contribution in [2.75, 3.05) is 0 Å². The summed E-state index contributed by atoms with van der Waals surface area (Å²) in [4.78, 5) is 0. The van der Waals surface area contributed by atoms with Crippen LogP contribution in [0.25, 0.3) is 0 Å². The van der Waals surface area contributed by atoms with Crippen LogP contribution < -0.4 is 5.73 Å². The molecule has 0 radical (unpaired) electrons. The maximum absolute atomic E-state index is 6.32. The van der Waals surface area contributed by atoms with Crippen LogP contribution in [0.3, 0.4) is 0 Å². The van der Waals surface area contributed by atoms with Crippen molar-refractivity contribution in [3.05, 3.63) is 58.4 Å². The number of hydrogen-bond donors (Lipinski definition) is 1. The van der Waals surface area contributed by atoms with Crippen LogP contribution in [0, 0.1) is 20.8 Å². The Morgan fingerprint density at radius 3 is 2.41 bits per heavy atom. The second kappa shape index (κ2) is 4.63. The molecule has 17 heavy (non-hydrogen) atoms. The van der Waals surface area contributed by atoms with E-state index < -0.39 is 0 Å². The van der Waals surface area contributed by atoms with Gasteiger partial charge in [0, 0.05) is 0 Å². The molecule has 88 valence electrons. The van der Waals surface area contributed by atoms with Gasteiger partial charge in [-0.25, -0.2) is 0 Å². The van der Waals surface area contributed by atoms with Crippen LogP contribution in [-0.4, -0.2) is 10.2 Å². The number of aromatic nitrogens is 2. The maximum Gasteiger partial charge on any atom is 0.0651 e. The van der Waals surface area contributed by atoms with E-state index in [9.17, 15) is 0 Å². The van der Waals surface area contributed by atoms with Gasteiger partial charge in [0.05, 0.1) is 17.4 Å². The van der Waals surface area contributed by atoms with Crippen molar-refractivity contribution in [3.63, 3.8) is 0 Å². The van der Waals surface area contributed by atoms with Gasteiger partial charge in [-0.2, -0.15) is 10.2 Å². The summed E-state index contributed by atoms with van der Waals surface area (Å²) < 4.78 is 0. The smallest absolute Gasteiger partial charge is 0.0651 e. The van der Waals surface area contributed by atoms with Gasteiger partial charge in [0.15, 0.2) is 0 Å². The Morgan fingerprint density at radius 1 is 1.00 bits per heavy atom. The Kier molecular flexibility index (Phi) is 3.20. The van der Waals surface area contributed by atoms with E-state index in [0.717, 1.165) is 22.5 Å². The molecule has 1 heterocycles. The zero-order chi connectivity index (χ0) is 12.4. The topological polar surface area (TPSA) is 51.8 Å². The second-order valence-corrected chi connectivity index (χ2v) is 4.36. The average Bonchev–Trinajstić information content (AvgIpc) is 2.32. The molecule has 2 aromatic rings. The summed E-state index contributed by atoms with van der Waals surface area (Å²) in [6.45, 7) is 5.95. The van der Waals surface area contributed by atoms with Gasteiger partial charge in [-0.3, -0.25) is 0 Å². The SMILES string of the molecule is Cc1cc(C(N)c2ccccc2C)c(C)nn1. The number of nitrogens with zero attached hydrogens (tertiary/aromatic N) is 2. The molecule has 0 amide bonds. The Bertz CT molecular complexity index is 535. The Balaban J connectivity index is 2.47. The summed E-state index contributed by atoms with van der Waals surface area (Å²) in [6, 6.07) is 10.1. The fourth-order valence-electron chi connectivity index (χ4n) is 1.99. The molecule has 1 aromatic carbocycles. The van der Waals surface area contributed by atoms with Crippen LogP contribution >= 0.6 is 0 Å². The predicted molar refractivity (Wildman–Crippen MR) is 68.7 cm³/mol. The van der Waals surface area contributed by atoms with E-state index in [-0.39, 0.29) is 6.04 Å². The van der Waals surface area contributed by atoms with Gasteiger partial charge in [0.25, 0.3) is 0 Å². The first-order chi connectivity index (χ1) is 8.09. The Morgan fingerprint density at radius 2 is 1.71 bits per heavy atom. The monoisotopic (exact) mass is 227 g/mol. The maximum atomic E-state index is 6.32. The van der Waals surface area contributed by atoms with Gasteiger partial charge < -0.3 is 5.73 Å². The lowest BCUT2D eigenvalue weighted by molar-refractivity contribution is 0.808. The predicted octanol–water partition coefficient (Wildman–Crippen LogP) is 2.45. The lowest BCUT2D eigenvalue weighted by Gasteiger charge is -2.16. The summed E-state index contributed by atoms with van der Waals surface area (Å²) in [5.74, 6) is 0. The van der Waals surface area contributed by atoms with Crippen LogP contribution in [0.1, 0.15) is 34.1 Å². The molecule has 2 rings (SSSR count). The molecule has 0 saturated carbocycles. The van der Waals surface area contributed by atoms with Crippen molar-refractivity contribution in [2.24, 2.45) is 5.73 Å². The molecule has 0 fully saturated rings. The van der Waals surface area contributed by atoms with E-state index in [1.807, 2.05) is 32.0 Å². The summed E-state index contributed by atoms with van der Waals surface area (Å²) >= 11 is 0. The number of benzene rings is 1. The van der Waals surface area contributed by atoms with Gasteiger partial charge in [-0.15, -0.1) is 0 Å². The highest BCUT2D eigenvalue weighted by Crippen LogP contribution is 2.24. The number of nitrogens with two attached hydrogens (primary N) is 1. The first kappa shape index (κ1) is 11.7. The fraction of sp³-hybridized carbons (Fsp3) is 0.286. The molecule has 0 aliphatic carbocycles. The summed E-state index contributed by atoms with van der Waals surface area (Å²) in [6.07, 6.45) is 0. The minimum absolute atomic E-state index is 0.134. The Hall–Kier alpha value is -1.74. The molecule has 0 saturated heterocycles. The van der Waals surface area contributed by atoms with Crippen LogP contribution in [-0.2, 0) is 0 Å². The van der Waals surface area contributed by atoms with Crippen LogP contribution in [0.4, 0.5) is 0 Å². The van der Waals surface area contributed by atoms with Crippen molar-refractivity contribution < 1.29 is 0 Å². The molecule has 3 heteroatoms. The van der Waals surface area contributed by atoms with E-state index in [1.54, 1.807) is 0 Å². The van der Waals surface area contributed by atoms with E-state index >= 15 is 0 Å². The van der Waals surface area contributed by atoms with Crippen molar-refractivity contribution in [2.45, 2.75) is 26.8 Å². The molecule has 3 nitrogen and oxygen atoms in total. The zero-order valence-electron chi connectivity index (χ0n) is 10.4. The molecule has 0 aliphatic heterocycles. The summed E-state index contributed by atoms with van der Waals surface area (Å²) in [7, 11) is 0. The highest BCUT2D eigenvalue weighted by Gasteiger charge is 2.14. The first-order valence-corrected chi connectivity index (χ1v) is 5.71. The van der Waals surface area contributed by atoms with Crippen molar-refractivity contribution in [3.8, 4) is 0 Å². The number of rotatable bonds is 2. The van der Waals surface area contributed by atoms with Crippen LogP contribution in [0.15, 0.2) is 30.3 Å². The standard InChI is InChI=1S/C14H17N3/c1-9-6-4-5-7-12(9)14(15)13-8-10(2)16-17-11(13)3/h4-8,14H,15H2,1-3H3. The van der Waals surface area contributed by atoms with E-state index in [1.165, 1.54) is 5.56 Å². The third-order valence-corrected chi connectivity index (χ3v) is 3.00. The third kappa shape index (κ3) is 2.34. The van der Waals surface area contributed by atoms with Crippen molar-refractivity contribution in [1.82, 2.24) is 10.2 Å². The van der Waals surface area contributed by atoms with E-state index in [0.29, 0.717) is 0 Å². The van der Waals surface area contributed by atoms with Gasteiger partial charge in [0.2, 0.25) is 0 Å². The minimum Gasteiger partial charge on any atom is -0.320 e. The molecular weight excluding hydrogens is 210 g/mol. The van der Waals surface area contributed by atoms with Crippen molar-refractivity contribution in [1.29, 1.82) is 0 Å². The average molecular weight is 227 g/mol. The fourth-order valence-corrected chi connectivity index (χ4v) is 1.99. The molecule has 0 aliphatic rings. The van der Waals surface area contributed by atoms with Crippen LogP contribution in [0.5, 0.6) is 0 Å². The van der Waals surface area contributed by atoms with Gasteiger partial charge in [-0.1, -0.05) is 24.3 Å². The molecule has 2 N–H and O–H groups in total. The summed E-state index contributed by atoms with van der Waals surface area (Å²) in [5.41, 5.74) is 11.5. The molecule has 0 bridgehead atoms. The van der Waals surface area contributed by atoms with Gasteiger partial charge in [-0.05, 0) is 43.5 Å². The lowest BCUT2D eigenvalue weighted by atomic mass is 9.95. The van der Waals surface area contributed by atoms with Crippen molar-refractivity contribution >= 4 is 0 Å². The lowest BCUT2D eigenvalue weighted by Crippen LogP contribution is -2.16. The normalized spacial score (nSPS) is 12.5. The number of hydrogen-bond acceptors (Lipinski definition) is 3. The number of aryl methyl sites for hydroxylation is 3. The highest BCUT2D eigenvalue weighted by atomic mass is 15.1. The third-order valence-electron chi connectivity index (χ3n) is 3.00. The Labute approximate surface area is 102 Å². The minimum atomic E-state index is -0.134. The molecule has 1 atom stereocenters. The highest BCUT2D eigenvalue weighted by molar-refractivity contribution is 5.37. The second-order valence-electron chi connectivity index (χ2n) is 4.36. The van der Waals surface area contributed by atoms with E-state index in [4.69, 9.17) is 5.73 Å². The summed E-state index contributed by atoms with van der Waals surface area (Å²) in [5, 5.41) is 8.16. The van der Waals surface area contributed by atoms with Gasteiger partial charge >= 0.3 is 0 Å². The molecule has 0 spiro atoms. The largest absolute Gasteiger partial charge is 0.320 e. The van der Waals surface area contributed by atoms with Crippen LogP contribution in [0.2, 0.25) is 0 Å². The molecule has 1 aromatic heterocycles.